The van der Waals surface area contributed by atoms with Crippen molar-refractivity contribution in [2.75, 3.05) is 4.90 Å². The Morgan fingerprint density at radius 2 is 0.918 bits per heavy atom. The summed E-state index contributed by atoms with van der Waals surface area (Å²) >= 11 is 0. The van der Waals surface area contributed by atoms with Crippen LogP contribution in [0.25, 0.3) is 93.6 Å². The SMILES string of the molecule is c1ccc(-c2ccc(N(c3ccc(-c4ccccc4)cc3)c3cc4c(cc3-c3cccc5c3oc3ccccc35)c3ccccc3n4-c3ccc4ccccc4c3)cc2)cc1. The Hall–Kier alpha value is -8.14. The summed E-state index contributed by atoms with van der Waals surface area (Å²) in [7, 11) is 0. The molecular formula is C58H38N2O. The van der Waals surface area contributed by atoms with Gasteiger partial charge >= 0.3 is 0 Å². The minimum Gasteiger partial charge on any atom is -0.455 e. The fourth-order valence-electron chi connectivity index (χ4n) is 9.25. The number of furan rings is 1. The van der Waals surface area contributed by atoms with Crippen molar-refractivity contribution in [3.63, 3.8) is 0 Å². The molecule has 0 amide bonds. The Bertz CT molecular complexity index is 3480. The van der Waals surface area contributed by atoms with E-state index in [1.807, 2.05) is 6.07 Å². The van der Waals surface area contributed by atoms with Crippen molar-refractivity contribution >= 4 is 71.6 Å². The van der Waals surface area contributed by atoms with E-state index in [1.54, 1.807) is 0 Å². The summed E-state index contributed by atoms with van der Waals surface area (Å²) in [5.74, 6) is 0. The number of benzene rings is 10. The molecule has 0 saturated heterocycles. The van der Waals surface area contributed by atoms with Crippen molar-refractivity contribution in [1.29, 1.82) is 0 Å². The smallest absolute Gasteiger partial charge is 0.143 e. The van der Waals surface area contributed by atoms with Crippen molar-refractivity contribution in [2.24, 2.45) is 0 Å². The molecule has 0 bridgehead atoms. The van der Waals surface area contributed by atoms with Gasteiger partial charge in [-0.05, 0) is 93.7 Å². The number of para-hydroxylation sites is 3. The molecule has 0 radical (unpaired) electrons. The fourth-order valence-corrected chi connectivity index (χ4v) is 9.25. The normalized spacial score (nSPS) is 11.6. The molecule has 0 atom stereocenters. The highest BCUT2D eigenvalue weighted by molar-refractivity contribution is 6.16. The maximum Gasteiger partial charge on any atom is 0.143 e. The molecule has 0 N–H and O–H groups in total. The third kappa shape index (κ3) is 5.90. The molecule has 0 spiro atoms. The standard InChI is InChI=1S/C58H38N2O/c1-3-14-39(15-4-1)42-26-31-45(32-27-42)59(46-33-28-43(29-34-46)40-16-5-2-6-17-40)55-38-56-52(37-53(55)51-23-13-22-50-49-21-10-12-25-57(49)61-58(50)51)48-20-9-11-24-54(48)60(56)47-35-30-41-18-7-8-19-44(41)36-47/h1-38H. The summed E-state index contributed by atoms with van der Waals surface area (Å²) in [6.07, 6.45) is 0. The molecule has 2 aromatic heterocycles. The number of hydrogen-bond acceptors (Lipinski definition) is 2. The Morgan fingerprint density at radius 3 is 1.62 bits per heavy atom. The van der Waals surface area contributed by atoms with Crippen LogP contribution in [0.3, 0.4) is 0 Å². The van der Waals surface area contributed by atoms with Crippen LogP contribution < -0.4 is 4.90 Å². The molecule has 12 rings (SSSR count). The second-order valence-electron chi connectivity index (χ2n) is 15.7. The first-order valence-corrected chi connectivity index (χ1v) is 20.8. The zero-order chi connectivity index (χ0) is 40.3. The summed E-state index contributed by atoms with van der Waals surface area (Å²) in [6.45, 7) is 0. The van der Waals surface area contributed by atoms with Gasteiger partial charge in [-0.2, -0.15) is 0 Å². The van der Waals surface area contributed by atoms with Gasteiger partial charge in [-0.1, -0.05) is 170 Å². The predicted molar refractivity (Wildman–Crippen MR) is 257 cm³/mol. The van der Waals surface area contributed by atoms with Gasteiger partial charge in [0, 0.05) is 49.7 Å². The van der Waals surface area contributed by atoms with Gasteiger partial charge < -0.3 is 13.9 Å². The summed E-state index contributed by atoms with van der Waals surface area (Å²) in [5.41, 5.74) is 15.1. The average Bonchev–Trinajstić information content (AvgIpc) is 3.88. The lowest BCUT2D eigenvalue weighted by Crippen LogP contribution is -2.11. The number of fused-ring (bicyclic) bond motifs is 7. The zero-order valence-electron chi connectivity index (χ0n) is 33.2. The van der Waals surface area contributed by atoms with E-state index < -0.39 is 0 Å². The molecule has 0 aliphatic rings. The molecular weight excluding hydrogens is 741 g/mol. The van der Waals surface area contributed by atoms with Gasteiger partial charge in [-0.25, -0.2) is 0 Å². The van der Waals surface area contributed by atoms with Crippen LogP contribution in [-0.4, -0.2) is 4.57 Å². The highest BCUT2D eigenvalue weighted by Crippen LogP contribution is 2.48. The van der Waals surface area contributed by atoms with Gasteiger partial charge in [0.2, 0.25) is 0 Å². The van der Waals surface area contributed by atoms with Crippen molar-refractivity contribution in [1.82, 2.24) is 4.57 Å². The topological polar surface area (TPSA) is 21.3 Å². The Labute approximate surface area is 353 Å². The summed E-state index contributed by atoms with van der Waals surface area (Å²) in [6, 6.07) is 83.0. The fraction of sp³-hybridized carbons (Fsp3) is 0. The molecule has 10 aromatic carbocycles. The van der Waals surface area contributed by atoms with Crippen LogP contribution in [0.4, 0.5) is 17.1 Å². The van der Waals surface area contributed by atoms with Crippen LogP contribution in [0.5, 0.6) is 0 Å². The highest BCUT2D eigenvalue weighted by Gasteiger charge is 2.24. The molecule has 61 heavy (non-hydrogen) atoms. The zero-order valence-corrected chi connectivity index (χ0v) is 33.2. The first-order valence-electron chi connectivity index (χ1n) is 20.8. The predicted octanol–water partition coefficient (Wildman–Crippen LogP) is 16.3. The quantitative estimate of drug-likeness (QED) is 0.161. The molecule has 0 aliphatic heterocycles. The van der Waals surface area contributed by atoms with Crippen molar-refractivity contribution in [2.45, 2.75) is 0 Å². The molecule has 2 heterocycles. The highest BCUT2D eigenvalue weighted by atomic mass is 16.3. The first kappa shape index (κ1) is 34.9. The number of nitrogens with zero attached hydrogens (tertiary/aromatic N) is 2. The maximum absolute atomic E-state index is 6.80. The second-order valence-corrected chi connectivity index (χ2v) is 15.7. The van der Waals surface area contributed by atoms with Gasteiger partial charge in [-0.3, -0.25) is 0 Å². The third-order valence-corrected chi connectivity index (χ3v) is 12.2. The van der Waals surface area contributed by atoms with Crippen LogP contribution in [0.2, 0.25) is 0 Å². The molecule has 0 aliphatic carbocycles. The van der Waals surface area contributed by atoms with E-state index in [-0.39, 0.29) is 0 Å². The van der Waals surface area contributed by atoms with Gasteiger partial charge in [0.15, 0.2) is 0 Å². The monoisotopic (exact) mass is 778 g/mol. The Balaban J connectivity index is 1.17. The minimum absolute atomic E-state index is 0.876. The van der Waals surface area contributed by atoms with E-state index in [0.29, 0.717) is 0 Å². The lowest BCUT2D eigenvalue weighted by molar-refractivity contribution is 0.670. The van der Waals surface area contributed by atoms with E-state index in [0.717, 1.165) is 66.8 Å². The number of anilines is 3. The van der Waals surface area contributed by atoms with Crippen molar-refractivity contribution in [3.05, 3.63) is 231 Å². The summed E-state index contributed by atoms with van der Waals surface area (Å²) < 4.78 is 9.24. The molecule has 286 valence electrons. The van der Waals surface area contributed by atoms with Crippen LogP contribution in [0.15, 0.2) is 235 Å². The van der Waals surface area contributed by atoms with Gasteiger partial charge in [0.05, 0.1) is 16.7 Å². The van der Waals surface area contributed by atoms with Crippen molar-refractivity contribution < 1.29 is 4.42 Å². The minimum atomic E-state index is 0.876. The molecule has 0 unspecified atom stereocenters. The average molecular weight is 779 g/mol. The van der Waals surface area contributed by atoms with Crippen molar-refractivity contribution in [3.8, 4) is 39.1 Å². The van der Waals surface area contributed by atoms with Crippen LogP contribution >= 0.6 is 0 Å². The van der Waals surface area contributed by atoms with Gasteiger partial charge in [-0.15, -0.1) is 0 Å². The van der Waals surface area contributed by atoms with Gasteiger partial charge in [0.25, 0.3) is 0 Å². The van der Waals surface area contributed by atoms with E-state index in [4.69, 9.17) is 4.42 Å². The van der Waals surface area contributed by atoms with Gasteiger partial charge in [0.1, 0.15) is 11.2 Å². The van der Waals surface area contributed by atoms with Crippen LogP contribution in [0.1, 0.15) is 0 Å². The number of aromatic nitrogens is 1. The first-order chi connectivity index (χ1) is 30.2. The number of hydrogen-bond donors (Lipinski definition) is 0. The Kier molecular flexibility index (Phi) is 8.17. The third-order valence-electron chi connectivity index (χ3n) is 12.2. The van der Waals surface area contributed by atoms with E-state index >= 15 is 0 Å². The molecule has 3 heteroatoms. The van der Waals surface area contributed by atoms with Crippen LogP contribution in [-0.2, 0) is 0 Å². The summed E-state index contributed by atoms with van der Waals surface area (Å²) in [5, 5.41) is 7.01. The lowest BCUT2D eigenvalue weighted by atomic mass is 9.96. The summed E-state index contributed by atoms with van der Waals surface area (Å²) in [4.78, 5) is 2.42. The molecule has 0 fully saturated rings. The lowest BCUT2D eigenvalue weighted by Gasteiger charge is -2.29. The molecule has 3 nitrogen and oxygen atoms in total. The second kappa shape index (κ2) is 14.3. The van der Waals surface area contributed by atoms with Crippen LogP contribution in [0, 0.1) is 0 Å². The van der Waals surface area contributed by atoms with E-state index in [2.05, 4.69) is 234 Å². The van der Waals surface area contributed by atoms with E-state index in [1.165, 1.54) is 43.8 Å². The number of rotatable bonds is 7. The largest absolute Gasteiger partial charge is 0.455 e. The molecule has 0 saturated carbocycles. The Morgan fingerprint density at radius 1 is 0.344 bits per heavy atom. The van der Waals surface area contributed by atoms with E-state index in [9.17, 15) is 0 Å². The maximum atomic E-state index is 6.80. The molecule has 12 aromatic rings.